The molecule has 0 spiro atoms. The lowest BCUT2D eigenvalue weighted by molar-refractivity contribution is 0.855. The summed E-state index contributed by atoms with van der Waals surface area (Å²) in [6.07, 6.45) is 2.08. The van der Waals surface area contributed by atoms with Crippen LogP contribution in [0.5, 0.6) is 0 Å². The fourth-order valence-electron chi connectivity index (χ4n) is 1.83. The number of nitrogens with one attached hydrogen (secondary N) is 1. The molecular formula is C15H18ClN3. The van der Waals surface area contributed by atoms with E-state index in [0.717, 1.165) is 30.8 Å². The molecule has 0 aliphatic rings. The molecule has 0 aliphatic heterocycles. The Hall–Kier alpha value is -1.61. The molecule has 1 heterocycles. The number of hydrogen-bond donors (Lipinski definition) is 1. The largest absolute Gasteiger partial charge is 0.367 e. The third-order valence-corrected chi connectivity index (χ3v) is 3.31. The topological polar surface area (TPSA) is 37.8 Å². The highest BCUT2D eigenvalue weighted by Crippen LogP contribution is 2.18. The standard InChI is InChI=1S/C15H18ClN3/c1-11-12(2)19-15(14(16)18-11)17-10-6-9-13-7-4-3-5-8-13/h3-5,7-8H,6,9-10H2,1-2H3,(H,17,19). The van der Waals surface area contributed by atoms with Crippen LogP contribution in [0, 0.1) is 13.8 Å². The molecule has 4 heteroatoms. The van der Waals surface area contributed by atoms with Crippen LogP contribution in [0.1, 0.15) is 23.4 Å². The normalized spacial score (nSPS) is 10.5. The first-order valence-corrected chi connectivity index (χ1v) is 6.83. The highest BCUT2D eigenvalue weighted by Gasteiger charge is 2.05. The van der Waals surface area contributed by atoms with Gasteiger partial charge in [-0.3, -0.25) is 0 Å². The van der Waals surface area contributed by atoms with Gasteiger partial charge in [0.1, 0.15) is 0 Å². The predicted molar refractivity (Wildman–Crippen MR) is 79.8 cm³/mol. The minimum atomic E-state index is 0.447. The van der Waals surface area contributed by atoms with Crippen LogP contribution in [-0.2, 0) is 6.42 Å². The Balaban J connectivity index is 1.85. The lowest BCUT2D eigenvalue weighted by Gasteiger charge is -2.09. The number of anilines is 1. The van der Waals surface area contributed by atoms with Crippen molar-refractivity contribution >= 4 is 17.4 Å². The van der Waals surface area contributed by atoms with E-state index < -0.39 is 0 Å². The van der Waals surface area contributed by atoms with Crippen molar-refractivity contribution in [2.75, 3.05) is 11.9 Å². The molecule has 0 radical (unpaired) electrons. The number of aryl methyl sites for hydroxylation is 3. The lowest BCUT2D eigenvalue weighted by Crippen LogP contribution is -2.07. The Labute approximate surface area is 119 Å². The highest BCUT2D eigenvalue weighted by atomic mass is 35.5. The fourth-order valence-corrected chi connectivity index (χ4v) is 2.07. The Morgan fingerprint density at radius 2 is 1.74 bits per heavy atom. The molecule has 0 saturated heterocycles. The van der Waals surface area contributed by atoms with Crippen molar-refractivity contribution in [2.45, 2.75) is 26.7 Å². The third kappa shape index (κ3) is 3.93. The number of nitrogens with zero attached hydrogens (tertiary/aromatic N) is 2. The second-order valence-corrected chi connectivity index (χ2v) is 4.91. The van der Waals surface area contributed by atoms with Crippen LogP contribution in [-0.4, -0.2) is 16.5 Å². The van der Waals surface area contributed by atoms with E-state index in [1.165, 1.54) is 5.56 Å². The summed E-state index contributed by atoms with van der Waals surface area (Å²) in [5.74, 6) is 0.679. The van der Waals surface area contributed by atoms with Crippen LogP contribution in [0.3, 0.4) is 0 Å². The quantitative estimate of drug-likeness (QED) is 0.844. The Bertz CT molecular complexity index is 541. The summed E-state index contributed by atoms with van der Waals surface area (Å²) in [5.41, 5.74) is 3.14. The summed E-state index contributed by atoms with van der Waals surface area (Å²) in [5, 5.41) is 3.69. The van der Waals surface area contributed by atoms with E-state index in [9.17, 15) is 0 Å². The summed E-state index contributed by atoms with van der Waals surface area (Å²) < 4.78 is 0. The summed E-state index contributed by atoms with van der Waals surface area (Å²) in [4.78, 5) is 8.66. The van der Waals surface area contributed by atoms with E-state index >= 15 is 0 Å². The van der Waals surface area contributed by atoms with Crippen molar-refractivity contribution in [3.8, 4) is 0 Å². The zero-order valence-electron chi connectivity index (χ0n) is 11.3. The first-order valence-electron chi connectivity index (χ1n) is 6.45. The molecule has 0 bridgehead atoms. The average Bonchev–Trinajstić information content (AvgIpc) is 2.41. The number of rotatable bonds is 5. The van der Waals surface area contributed by atoms with Gasteiger partial charge in [0.25, 0.3) is 0 Å². The zero-order valence-corrected chi connectivity index (χ0v) is 12.0. The summed E-state index contributed by atoms with van der Waals surface area (Å²) in [6.45, 7) is 4.69. The van der Waals surface area contributed by atoms with Gasteiger partial charge in [-0.15, -0.1) is 0 Å². The molecular weight excluding hydrogens is 258 g/mol. The van der Waals surface area contributed by atoms with Crippen molar-refractivity contribution in [3.63, 3.8) is 0 Å². The summed E-state index contributed by atoms with van der Waals surface area (Å²) in [6, 6.07) is 10.4. The first kappa shape index (κ1) is 13.8. The van der Waals surface area contributed by atoms with E-state index in [-0.39, 0.29) is 0 Å². The SMILES string of the molecule is Cc1nc(Cl)c(NCCCc2ccccc2)nc1C. The average molecular weight is 276 g/mol. The number of aromatic nitrogens is 2. The minimum absolute atomic E-state index is 0.447. The third-order valence-electron chi connectivity index (χ3n) is 3.04. The number of halogens is 1. The zero-order chi connectivity index (χ0) is 13.7. The maximum atomic E-state index is 6.06. The van der Waals surface area contributed by atoms with Crippen LogP contribution in [0.15, 0.2) is 30.3 Å². The van der Waals surface area contributed by atoms with Gasteiger partial charge in [0.05, 0.1) is 11.4 Å². The molecule has 0 unspecified atom stereocenters. The van der Waals surface area contributed by atoms with Crippen molar-refractivity contribution in [1.29, 1.82) is 0 Å². The van der Waals surface area contributed by atoms with Gasteiger partial charge in [0.15, 0.2) is 11.0 Å². The van der Waals surface area contributed by atoms with E-state index in [1.54, 1.807) is 0 Å². The smallest absolute Gasteiger partial charge is 0.171 e. The van der Waals surface area contributed by atoms with Gasteiger partial charge >= 0.3 is 0 Å². The Morgan fingerprint density at radius 3 is 2.47 bits per heavy atom. The minimum Gasteiger partial charge on any atom is -0.367 e. The van der Waals surface area contributed by atoms with Crippen molar-refractivity contribution in [1.82, 2.24) is 9.97 Å². The van der Waals surface area contributed by atoms with Gasteiger partial charge in [0.2, 0.25) is 0 Å². The molecule has 2 aromatic rings. The fraction of sp³-hybridized carbons (Fsp3) is 0.333. The maximum Gasteiger partial charge on any atom is 0.171 e. The molecule has 100 valence electrons. The van der Waals surface area contributed by atoms with E-state index in [4.69, 9.17) is 11.6 Å². The Kier molecular flexibility index (Phi) is 4.74. The van der Waals surface area contributed by atoms with Crippen molar-refractivity contribution < 1.29 is 0 Å². The van der Waals surface area contributed by atoms with E-state index in [0.29, 0.717) is 11.0 Å². The summed E-state index contributed by atoms with van der Waals surface area (Å²) >= 11 is 6.06. The van der Waals surface area contributed by atoms with Crippen molar-refractivity contribution in [3.05, 3.63) is 52.4 Å². The monoisotopic (exact) mass is 275 g/mol. The van der Waals surface area contributed by atoms with Crippen LogP contribution >= 0.6 is 11.6 Å². The number of hydrogen-bond acceptors (Lipinski definition) is 3. The van der Waals surface area contributed by atoms with Crippen LogP contribution in [0.4, 0.5) is 5.82 Å². The molecule has 0 fully saturated rings. The molecule has 19 heavy (non-hydrogen) atoms. The lowest BCUT2D eigenvalue weighted by atomic mass is 10.1. The molecule has 1 N–H and O–H groups in total. The molecule has 0 aliphatic carbocycles. The highest BCUT2D eigenvalue weighted by molar-refractivity contribution is 6.31. The van der Waals surface area contributed by atoms with Gasteiger partial charge in [0, 0.05) is 6.54 Å². The van der Waals surface area contributed by atoms with Gasteiger partial charge in [-0.05, 0) is 32.3 Å². The summed E-state index contributed by atoms with van der Waals surface area (Å²) in [7, 11) is 0. The predicted octanol–water partition coefficient (Wildman–Crippen LogP) is 3.79. The van der Waals surface area contributed by atoms with Gasteiger partial charge in [-0.25, -0.2) is 9.97 Å². The molecule has 2 rings (SSSR count). The molecule has 0 atom stereocenters. The second-order valence-electron chi connectivity index (χ2n) is 4.55. The maximum absolute atomic E-state index is 6.06. The van der Waals surface area contributed by atoms with Crippen molar-refractivity contribution in [2.24, 2.45) is 0 Å². The van der Waals surface area contributed by atoms with E-state index in [1.807, 2.05) is 19.9 Å². The molecule has 3 nitrogen and oxygen atoms in total. The first-order chi connectivity index (χ1) is 9.16. The van der Waals surface area contributed by atoms with Crippen LogP contribution < -0.4 is 5.32 Å². The van der Waals surface area contributed by atoms with Gasteiger partial charge in [-0.2, -0.15) is 0 Å². The van der Waals surface area contributed by atoms with E-state index in [2.05, 4.69) is 39.6 Å². The molecule has 0 saturated carbocycles. The molecule has 0 amide bonds. The Morgan fingerprint density at radius 1 is 1.05 bits per heavy atom. The van der Waals surface area contributed by atoms with Gasteiger partial charge in [-0.1, -0.05) is 41.9 Å². The second kappa shape index (κ2) is 6.53. The molecule has 1 aromatic heterocycles. The molecule has 1 aromatic carbocycles. The van der Waals surface area contributed by atoms with Gasteiger partial charge < -0.3 is 5.32 Å². The van der Waals surface area contributed by atoms with Crippen LogP contribution in [0.2, 0.25) is 5.15 Å². The number of benzene rings is 1. The van der Waals surface area contributed by atoms with Crippen LogP contribution in [0.25, 0.3) is 0 Å².